The number of nitrogens with two attached hydrogens (primary N) is 2. The van der Waals surface area contributed by atoms with E-state index < -0.39 is 12.0 Å². The van der Waals surface area contributed by atoms with Gasteiger partial charge in [-0.15, -0.1) is 0 Å². The van der Waals surface area contributed by atoms with E-state index in [1.54, 1.807) is 24.3 Å². The van der Waals surface area contributed by atoms with Crippen LogP contribution in [0.25, 0.3) is 0 Å². The Morgan fingerprint density at radius 3 is 2.52 bits per heavy atom. The quantitative estimate of drug-likeness (QED) is 0.711. The highest BCUT2D eigenvalue weighted by Crippen LogP contribution is 2.12. The van der Waals surface area contributed by atoms with E-state index in [1.165, 1.54) is 4.90 Å². The van der Waals surface area contributed by atoms with Gasteiger partial charge in [-0.25, -0.2) is 0 Å². The second kappa shape index (κ2) is 7.05. The fourth-order valence-electron chi connectivity index (χ4n) is 2.08. The molecule has 1 aromatic rings. The van der Waals surface area contributed by atoms with Crippen LogP contribution in [0.1, 0.15) is 5.56 Å². The van der Waals surface area contributed by atoms with Gasteiger partial charge in [0.05, 0.1) is 26.4 Å². The zero-order chi connectivity index (χ0) is 15.2. The van der Waals surface area contributed by atoms with Crippen molar-refractivity contribution < 1.29 is 19.1 Å². The van der Waals surface area contributed by atoms with Gasteiger partial charge >= 0.3 is 0 Å². The lowest BCUT2D eigenvalue weighted by atomic mass is 10.2. The van der Waals surface area contributed by atoms with Gasteiger partial charge in [0.1, 0.15) is 0 Å². The molecule has 7 heteroatoms. The molecule has 21 heavy (non-hydrogen) atoms. The smallest absolute Gasteiger partial charge is 0.254 e. The Morgan fingerprint density at radius 1 is 1.24 bits per heavy atom. The van der Waals surface area contributed by atoms with E-state index >= 15 is 0 Å². The van der Waals surface area contributed by atoms with Crippen molar-refractivity contribution in [2.45, 2.75) is 12.6 Å². The van der Waals surface area contributed by atoms with E-state index in [1.807, 2.05) is 0 Å². The molecular weight excluding hydrogens is 274 g/mol. The fraction of sp³-hybridized carbons (Fsp3) is 0.429. The predicted molar refractivity (Wildman–Crippen MR) is 76.0 cm³/mol. The SMILES string of the molecule is NC(=O)CN(Cc1ccc(N)cc1)C(=O)C1COCCO1. The molecule has 2 rings (SSSR count). The molecule has 1 saturated heterocycles. The second-order valence-corrected chi connectivity index (χ2v) is 4.84. The highest BCUT2D eigenvalue weighted by molar-refractivity contribution is 5.86. The number of anilines is 1. The maximum Gasteiger partial charge on any atom is 0.254 e. The van der Waals surface area contributed by atoms with Crippen molar-refractivity contribution in [1.82, 2.24) is 4.90 Å². The summed E-state index contributed by atoms with van der Waals surface area (Å²) in [5, 5.41) is 0. The number of hydrogen-bond acceptors (Lipinski definition) is 5. The number of nitrogen functional groups attached to an aromatic ring is 1. The number of benzene rings is 1. The van der Waals surface area contributed by atoms with Crippen molar-refractivity contribution in [3.63, 3.8) is 0 Å². The molecule has 0 aliphatic carbocycles. The average molecular weight is 293 g/mol. The van der Waals surface area contributed by atoms with Crippen LogP contribution in [0.15, 0.2) is 24.3 Å². The molecule has 1 aliphatic rings. The molecule has 0 aromatic heterocycles. The van der Waals surface area contributed by atoms with Crippen molar-refractivity contribution in [1.29, 1.82) is 0 Å². The third-order valence-electron chi connectivity index (χ3n) is 3.10. The molecule has 4 N–H and O–H groups in total. The van der Waals surface area contributed by atoms with Gasteiger partial charge in [0.2, 0.25) is 5.91 Å². The summed E-state index contributed by atoms with van der Waals surface area (Å²) in [5.74, 6) is -0.874. The van der Waals surface area contributed by atoms with Crippen LogP contribution in [0.4, 0.5) is 5.69 Å². The van der Waals surface area contributed by atoms with Crippen LogP contribution in [0.2, 0.25) is 0 Å². The molecule has 1 heterocycles. The highest BCUT2D eigenvalue weighted by Gasteiger charge is 2.28. The molecule has 1 aliphatic heterocycles. The Labute approximate surface area is 122 Å². The fourth-order valence-corrected chi connectivity index (χ4v) is 2.08. The van der Waals surface area contributed by atoms with Crippen LogP contribution in [0.5, 0.6) is 0 Å². The second-order valence-electron chi connectivity index (χ2n) is 4.84. The summed E-state index contributed by atoms with van der Waals surface area (Å²) in [6, 6.07) is 7.08. The topological polar surface area (TPSA) is 108 Å². The van der Waals surface area contributed by atoms with Gasteiger partial charge in [-0.1, -0.05) is 12.1 Å². The van der Waals surface area contributed by atoms with Gasteiger partial charge in [0, 0.05) is 12.2 Å². The first-order valence-electron chi connectivity index (χ1n) is 6.67. The molecule has 7 nitrogen and oxygen atoms in total. The molecule has 0 saturated carbocycles. The highest BCUT2D eigenvalue weighted by atomic mass is 16.6. The molecule has 0 bridgehead atoms. The maximum absolute atomic E-state index is 12.4. The molecule has 114 valence electrons. The van der Waals surface area contributed by atoms with E-state index in [0.29, 0.717) is 18.9 Å². The minimum Gasteiger partial charge on any atom is -0.399 e. The lowest BCUT2D eigenvalue weighted by molar-refractivity contribution is -0.159. The number of hydrogen-bond donors (Lipinski definition) is 2. The number of carbonyl (C=O) groups excluding carboxylic acids is 2. The largest absolute Gasteiger partial charge is 0.399 e. The lowest BCUT2D eigenvalue weighted by Gasteiger charge is -2.28. The average Bonchev–Trinajstić information content (AvgIpc) is 2.48. The normalized spacial score (nSPS) is 18.2. The number of primary amides is 1. The lowest BCUT2D eigenvalue weighted by Crippen LogP contribution is -2.47. The van der Waals surface area contributed by atoms with Gasteiger partial charge in [0.15, 0.2) is 6.10 Å². The van der Waals surface area contributed by atoms with Crippen LogP contribution < -0.4 is 11.5 Å². The zero-order valence-electron chi connectivity index (χ0n) is 11.7. The zero-order valence-corrected chi connectivity index (χ0v) is 11.7. The number of ether oxygens (including phenoxy) is 2. The number of amides is 2. The predicted octanol–water partition coefficient (Wildman–Crippen LogP) is -0.502. The molecule has 1 aromatic carbocycles. The summed E-state index contributed by atoms with van der Waals surface area (Å²) < 4.78 is 10.6. The van der Waals surface area contributed by atoms with Crippen molar-refractivity contribution in [2.24, 2.45) is 5.73 Å². The van der Waals surface area contributed by atoms with Crippen LogP contribution in [-0.2, 0) is 25.6 Å². The van der Waals surface area contributed by atoms with E-state index in [0.717, 1.165) is 5.56 Å². The maximum atomic E-state index is 12.4. The summed E-state index contributed by atoms with van der Waals surface area (Å²) in [5.41, 5.74) is 12.3. The monoisotopic (exact) mass is 293 g/mol. The van der Waals surface area contributed by atoms with E-state index in [4.69, 9.17) is 20.9 Å². The summed E-state index contributed by atoms with van der Waals surface area (Å²) in [6.45, 7) is 1.13. The summed E-state index contributed by atoms with van der Waals surface area (Å²) in [7, 11) is 0. The van der Waals surface area contributed by atoms with Crippen LogP contribution in [0.3, 0.4) is 0 Å². The van der Waals surface area contributed by atoms with Crippen molar-refractivity contribution in [3.05, 3.63) is 29.8 Å². The number of carbonyl (C=O) groups is 2. The van der Waals surface area contributed by atoms with E-state index in [2.05, 4.69) is 0 Å². The molecule has 0 spiro atoms. The Hall–Kier alpha value is -2.12. The summed E-state index contributed by atoms with van der Waals surface area (Å²) >= 11 is 0. The van der Waals surface area contributed by atoms with Gasteiger partial charge in [0.25, 0.3) is 5.91 Å². The van der Waals surface area contributed by atoms with Gasteiger partial charge in [-0.2, -0.15) is 0 Å². The Bertz CT molecular complexity index is 497. The first kappa shape index (κ1) is 15.3. The Morgan fingerprint density at radius 2 is 1.95 bits per heavy atom. The third kappa shape index (κ3) is 4.44. The molecule has 1 unspecified atom stereocenters. The first-order chi connectivity index (χ1) is 10.1. The summed E-state index contributed by atoms with van der Waals surface area (Å²) in [6.07, 6.45) is -0.688. The van der Waals surface area contributed by atoms with Crippen molar-refractivity contribution in [2.75, 3.05) is 32.1 Å². The third-order valence-corrected chi connectivity index (χ3v) is 3.10. The molecule has 1 atom stereocenters. The Kier molecular flexibility index (Phi) is 5.13. The summed E-state index contributed by atoms with van der Waals surface area (Å²) in [4.78, 5) is 24.9. The Balaban J connectivity index is 2.07. The van der Waals surface area contributed by atoms with Gasteiger partial charge < -0.3 is 25.8 Å². The molecule has 2 amide bonds. The van der Waals surface area contributed by atoms with Crippen LogP contribution >= 0.6 is 0 Å². The van der Waals surface area contributed by atoms with Crippen molar-refractivity contribution >= 4 is 17.5 Å². The van der Waals surface area contributed by atoms with Gasteiger partial charge in [-0.3, -0.25) is 9.59 Å². The first-order valence-corrected chi connectivity index (χ1v) is 6.67. The minimum absolute atomic E-state index is 0.164. The van der Waals surface area contributed by atoms with Crippen molar-refractivity contribution in [3.8, 4) is 0 Å². The number of rotatable bonds is 5. The van der Waals surface area contributed by atoms with Crippen LogP contribution in [-0.4, -0.2) is 49.2 Å². The molecule has 1 fully saturated rings. The minimum atomic E-state index is -0.688. The standard InChI is InChI=1S/C14H19N3O4/c15-11-3-1-10(2-4-11)7-17(8-13(16)18)14(19)12-9-20-5-6-21-12/h1-4,12H,5-9,15H2,(H2,16,18). The molecular formula is C14H19N3O4. The van der Waals surface area contributed by atoms with E-state index in [9.17, 15) is 9.59 Å². The number of nitrogens with zero attached hydrogens (tertiary/aromatic N) is 1. The van der Waals surface area contributed by atoms with E-state index in [-0.39, 0.29) is 25.6 Å². The van der Waals surface area contributed by atoms with Gasteiger partial charge in [-0.05, 0) is 17.7 Å². The molecule has 0 radical (unpaired) electrons. The van der Waals surface area contributed by atoms with Crippen LogP contribution in [0, 0.1) is 0 Å².